The number of carbonyl (C=O) groups is 1. The molecule has 0 radical (unpaired) electrons. The molecule has 10 heteroatoms. The fourth-order valence-corrected chi connectivity index (χ4v) is 4.77. The molecular formula is C18H35ClN2O6S. The molecule has 2 rings (SSSR count). The Morgan fingerprint density at radius 1 is 1.39 bits per heavy atom. The van der Waals surface area contributed by atoms with E-state index in [1.807, 2.05) is 0 Å². The van der Waals surface area contributed by atoms with Crippen molar-refractivity contribution in [3.63, 3.8) is 0 Å². The van der Waals surface area contributed by atoms with Gasteiger partial charge >= 0.3 is 0 Å². The van der Waals surface area contributed by atoms with Crippen molar-refractivity contribution in [2.75, 3.05) is 26.4 Å². The van der Waals surface area contributed by atoms with E-state index in [0.29, 0.717) is 6.41 Å². The zero-order valence-electron chi connectivity index (χ0n) is 17.1. The number of amides is 1. The molecule has 0 aliphatic carbocycles. The van der Waals surface area contributed by atoms with Gasteiger partial charge in [-0.25, -0.2) is 8.42 Å². The van der Waals surface area contributed by atoms with Crippen molar-refractivity contribution < 1.29 is 28.2 Å². The predicted molar refractivity (Wildman–Crippen MR) is 109 cm³/mol. The van der Waals surface area contributed by atoms with Gasteiger partial charge in [0, 0.05) is 19.2 Å². The lowest BCUT2D eigenvalue weighted by Crippen LogP contribution is -2.60. The number of alkyl halides is 1. The summed E-state index contributed by atoms with van der Waals surface area (Å²) in [6, 6.07) is -0.812. The van der Waals surface area contributed by atoms with Crippen LogP contribution >= 0.6 is 11.6 Å². The second-order valence-corrected chi connectivity index (χ2v) is 10.7. The van der Waals surface area contributed by atoms with Crippen LogP contribution in [0.5, 0.6) is 0 Å². The molecule has 0 saturated carbocycles. The van der Waals surface area contributed by atoms with Gasteiger partial charge in [-0.1, -0.05) is 13.3 Å². The van der Waals surface area contributed by atoms with Crippen molar-refractivity contribution in [2.24, 2.45) is 5.92 Å². The second kappa shape index (κ2) is 11.7. The Morgan fingerprint density at radius 3 is 2.46 bits per heavy atom. The highest BCUT2D eigenvalue weighted by molar-refractivity contribution is 7.91. The molecule has 0 aromatic carbocycles. The Balaban J connectivity index is 0.000000362. The first kappa shape index (κ1) is 25.6. The number of hydrogen-bond donors (Lipinski definition) is 3. The minimum absolute atomic E-state index is 0.221. The summed E-state index contributed by atoms with van der Waals surface area (Å²) in [6.45, 7) is 6.51. The molecule has 8 nitrogen and oxygen atoms in total. The Kier molecular flexibility index (Phi) is 10.7. The highest BCUT2D eigenvalue weighted by Gasteiger charge is 2.45. The number of carbonyl (C=O) groups excluding carboxylic acids is 1. The first-order valence-electron chi connectivity index (χ1n) is 9.74. The molecule has 0 aromatic rings. The topological polar surface area (TPSA) is 116 Å². The lowest BCUT2D eigenvalue weighted by atomic mass is 9.95. The van der Waals surface area contributed by atoms with Crippen LogP contribution in [0.2, 0.25) is 0 Å². The summed E-state index contributed by atoms with van der Waals surface area (Å²) < 4.78 is 28.3. The predicted octanol–water partition coefficient (Wildman–Crippen LogP) is 0.348. The maximum Gasteiger partial charge on any atom is 0.207 e. The number of aliphatic hydroxyl groups excluding tert-OH is 2. The number of rotatable bonds is 7. The van der Waals surface area contributed by atoms with Crippen molar-refractivity contribution in [1.82, 2.24) is 10.2 Å². The van der Waals surface area contributed by atoms with Crippen molar-refractivity contribution >= 4 is 27.8 Å². The van der Waals surface area contributed by atoms with Gasteiger partial charge in [-0.3, -0.25) is 4.79 Å². The first-order chi connectivity index (χ1) is 13.0. The van der Waals surface area contributed by atoms with Gasteiger partial charge in [-0.15, -0.1) is 11.6 Å². The average Bonchev–Trinajstić information content (AvgIpc) is 3.00. The zero-order chi connectivity index (χ0) is 21.5. The lowest BCUT2D eigenvalue weighted by molar-refractivity contribution is -0.158. The van der Waals surface area contributed by atoms with Crippen molar-refractivity contribution in [3.05, 3.63) is 0 Å². The van der Waals surface area contributed by atoms with Gasteiger partial charge in [0.2, 0.25) is 6.41 Å². The normalized spacial score (nSPS) is 33.5. The molecule has 2 saturated heterocycles. The summed E-state index contributed by atoms with van der Waals surface area (Å²) in [4.78, 5) is 13.0. The quantitative estimate of drug-likeness (QED) is 0.384. The van der Waals surface area contributed by atoms with Crippen molar-refractivity contribution in [2.45, 2.75) is 74.7 Å². The maximum atomic E-state index is 11.5. The van der Waals surface area contributed by atoms with Crippen molar-refractivity contribution in [1.29, 1.82) is 0 Å². The van der Waals surface area contributed by atoms with Crippen LogP contribution < -0.4 is 5.32 Å². The molecule has 0 spiro atoms. The van der Waals surface area contributed by atoms with Crippen LogP contribution in [0.25, 0.3) is 0 Å². The molecule has 2 aliphatic rings. The van der Waals surface area contributed by atoms with Crippen LogP contribution in [0.4, 0.5) is 0 Å². The third-order valence-corrected chi connectivity index (χ3v) is 6.78. The van der Waals surface area contributed by atoms with E-state index in [4.69, 9.17) is 16.3 Å². The van der Waals surface area contributed by atoms with Crippen LogP contribution in [0.3, 0.4) is 0 Å². The van der Waals surface area contributed by atoms with E-state index in [-0.39, 0.29) is 6.42 Å². The number of likely N-dealkylation sites (tertiary alicyclic amines) is 1. The minimum atomic E-state index is -3.54. The fourth-order valence-electron chi connectivity index (χ4n) is 3.68. The summed E-state index contributed by atoms with van der Waals surface area (Å²) in [5, 5.41) is 21.4. The largest absolute Gasteiger partial charge is 0.390 e. The molecule has 0 aromatic heterocycles. The van der Waals surface area contributed by atoms with E-state index < -0.39 is 45.0 Å². The van der Waals surface area contributed by atoms with Gasteiger partial charge in [-0.05, 0) is 39.3 Å². The first-order valence-corrected chi connectivity index (χ1v) is 12.1. The third kappa shape index (κ3) is 7.76. The number of ether oxygens (including phenoxy) is 1. The monoisotopic (exact) mass is 442 g/mol. The Hall–Kier alpha value is -0.450. The molecular weight excluding hydrogens is 408 g/mol. The zero-order valence-corrected chi connectivity index (χ0v) is 18.7. The summed E-state index contributed by atoms with van der Waals surface area (Å²) in [6.07, 6.45) is 1.69. The summed E-state index contributed by atoms with van der Waals surface area (Å²) >= 11 is 5.89. The van der Waals surface area contributed by atoms with E-state index in [2.05, 4.69) is 24.2 Å². The van der Waals surface area contributed by atoms with Crippen LogP contribution in [0, 0.1) is 5.92 Å². The van der Waals surface area contributed by atoms with E-state index in [1.165, 1.54) is 32.4 Å². The van der Waals surface area contributed by atoms with Crippen LogP contribution in [0.1, 0.15) is 39.5 Å². The molecule has 28 heavy (non-hydrogen) atoms. The van der Waals surface area contributed by atoms with Gasteiger partial charge < -0.3 is 25.2 Å². The van der Waals surface area contributed by atoms with Gasteiger partial charge in [-0.2, -0.15) is 0 Å². The highest BCUT2D eigenvalue weighted by atomic mass is 35.5. The Bertz CT molecular complexity index is 574. The van der Waals surface area contributed by atoms with Gasteiger partial charge in [0.15, 0.2) is 15.3 Å². The number of sulfone groups is 1. The number of nitrogens with zero attached hydrogens (tertiary/aromatic N) is 1. The molecule has 166 valence electrons. The Labute approximate surface area is 173 Å². The van der Waals surface area contributed by atoms with E-state index in [1.54, 1.807) is 6.92 Å². The second-order valence-electron chi connectivity index (χ2n) is 7.85. The van der Waals surface area contributed by atoms with Crippen molar-refractivity contribution in [3.8, 4) is 0 Å². The molecule has 7 atom stereocenters. The van der Waals surface area contributed by atoms with Crippen LogP contribution in [-0.4, -0.2) is 91.5 Å². The summed E-state index contributed by atoms with van der Waals surface area (Å²) in [5.41, 5.74) is -1.23. The third-order valence-electron chi connectivity index (χ3n) is 5.25. The molecule has 2 fully saturated rings. The van der Waals surface area contributed by atoms with Gasteiger partial charge in [0.1, 0.15) is 12.2 Å². The molecule has 0 bridgehead atoms. The Morgan fingerprint density at radius 2 is 2.04 bits per heavy atom. The van der Waals surface area contributed by atoms with Crippen LogP contribution in [-0.2, 0) is 19.4 Å². The molecule has 3 N–H and O–H groups in total. The fraction of sp³-hybridized carbons (Fsp3) is 0.944. The number of nitrogens with one attached hydrogen (secondary N) is 1. The van der Waals surface area contributed by atoms with Gasteiger partial charge in [0.25, 0.3) is 0 Å². The SMILES string of the molecule is CC(Cl)C(NC=O)C1O[C@H](S(C)(=O)=O)CC(O)C1O.CCCC1CCN(C)C1. The van der Waals surface area contributed by atoms with E-state index >= 15 is 0 Å². The summed E-state index contributed by atoms with van der Waals surface area (Å²) in [5.74, 6) is 1.01. The highest BCUT2D eigenvalue weighted by Crippen LogP contribution is 2.27. The lowest BCUT2D eigenvalue weighted by Gasteiger charge is -2.40. The molecule has 6 unspecified atom stereocenters. The standard InChI is InChI=1S/C10H18ClNO6S.C8H17N/c1-5(11)8(12-4-13)10-9(15)6(14)3-7(18-10)19(2,16)17;1-3-4-8-5-6-9(2)7-8/h4-10,14-15H,3H2,1-2H3,(H,12,13);8H,3-7H2,1-2H3/t5?,6?,7-,8?,9?,10?;/m1./s1. The molecule has 1 amide bonds. The molecule has 2 heterocycles. The number of halogens is 1. The smallest absolute Gasteiger partial charge is 0.207 e. The number of hydrogen-bond acceptors (Lipinski definition) is 7. The number of aliphatic hydroxyl groups is 2. The van der Waals surface area contributed by atoms with Crippen LogP contribution in [0.15, 0.2) is 0 Å². The molecule has 2 aliphatic heterocycles. The minimum Gasteiger partial charge on any atom is -0.390 e. The summed E-state index contributed by atoms with van der Waals surface area (Å²) in [7, 11) is -1.32. The van der Waals surface area contributed by atoms with Gasteiger partial charge in [0.05, 0.1) is 17.5 Å². The van der Waals surface area contributed by atoms with E-state index in [0.717, 1.165) is 12.2 Å². The maximum absolute atomic E-state index is 11.5. The van der Waals surface area contributed by atoms with E-state index in [9.17, 15) is 23.4 Å². The average molecular weight is 443 g/mol.